The van der Waals surface area contributed by atoms with E-state index in [1.807, 2.05) is 0 Å². The van der Waals surface area contributed by atoms with Gasteiger partial charge in [-0.3, -0.25) is 9.59 Å². The Labute approximate surface area is 119 Å². The summed E-state index contributed by atoms with van der Waals surface area (Å²) in [6.07, 6.45) is 1.66. The fourth-order valence-corrected chi connectivity index (χ4v) is 1.80. The average Bonchev–Trinajstić information content (AvgIpc) is 2.39. The number of nitrogens with zero attached hydrogens (tertiary/aromatic N) is 3. The Morgan fingerprint density at radius 1 is 1.26 bits per heavy atom. The molecule has 0 N–H and O–H groups in total. The molecule has 0 aliphatic carbocycles. The molecule has 5 nitrogen and oxygen atoms in total. The van der Waals surface area contributed by atoms with Gasteiger partial charge < -0.3 is 4.90 Å². The van der Waals surface area contributed by atoms with E-state index >= 15 is 0 Å². The van der Waals surface area contributed by atoms with Crippen LogP contribution in [0.3, 0.4) is 0 Å². The minimum Gasteiger partial charge on any atom is -0.334 e. The number of carbonyl (C=O) groups is 1. The summed E-state index contributed by atoms with van der Waals surface area (Å²) in [6, 6.07) is 4.76. The van der Waals surface area contributed by atoms with Crippen molar-refractivity contribution < 1.29 is 9.59 Å². The third-order valence-corrected chi connectivity index (χ3v) is 3.10. The highest BCUT2D eigenvalue weighted by Crippen LogP contribution is 2.22. The quantitative estimate of drug-likeness (QED) is 0.870. The molecule has 7 heteroatoms. The van der Waals surface area contributed by atoms with Crippen molar-refractivity contribution in [2.45, 2.75) is 0 Å². The number of aromatic nitrogens is 2. The zero-order valence-electron chi connectivity index (χ0n) is 9.85. The summed E-state index contributed by atoms with van der Waals surface area (Å²) in [5, 5.41) is 0.189. The molecule has 1 amide bonds. The molecule has 97 valence electrons. The van der Waals surface area contributed by atoms with Crippen LogP contribution in [0.1, 0.15) is 10.4 Å². The van der Waals surface area contributed by atoms with Crippen LogP contribution in [0.5, 0.6) is 0 Å². The molecule has 1 aromatic heterocycles. The van der Waals surface area contributed by atoms with Gasteiger partial charge in [0.1, 0.15) is 0 Å². The third-order valence-electron chi connectivity index (χ3n) is 2.48. The number of fused-ring (bicyclic) bond motifs is 1. The molecule has 0 saturated heterocycles. The van der Waals surface area contributed by atoms with E-state index in [-0.39, 0.29) is 22.8 Å². The smallest absolute Gasteiger partial charge is 0.254 e. The van der Waals surface area contributed by atoms with Crippen molar-refractivity contribution in [3.8, 4) is 0 Å². The SMILES string of the molecule is CN(C[C]=O)C(=O)c1ccc2nc(Cl)c(Cl)nc2c1. The van der Waals surface area contributed by atoms with Gasteiger partial charge in [0.05, 0.1) is 17.6 Å². The van der Waals surface area contributed by atoms with Crippen molar-refractivity contribution in [2.24, 2.45) is 0 Å². The monoisotopic (exact) mass is 296 g/mol. The van der Waals surface area contributed by atoms with Crippen LogP contribution >= 0.6 is 23.2 Å². The second-order valence-corrected chi connectivity index (χ2v) is 4.53. The van der Waals surface area contributed by atoms with Crippen LogP contribution in [0.4, 0.5) is 0 Å². The Bertz CT molecular complexity index is 661. The van der Waals surface area contributed by atoms with Gasteiger partial charge in [-0.25, -0.2) is 9.97 Å². The van der Waals surface area contributed by atoms with Crippen molar-refractivity contribution >= 4 is 46.4 Å². The van der Waals surface area contributed by atoms with E-state index < -0.39 is 0 Å². The highest BCUT2D eigenvalue weighted by molar-refractivity contribution is 6.40. The van der Waals surface area contributed by atoms with Crippen molar-refractivity contribution in [3.05, 3.63) is 34.1 Å². The molecule has 0 aliphatic heterocycles. The number of halogens is 2. The number of rotatable bonds is 3. The standard InChI is InChI=1S/C12H8Cl2N3O2/c1-17(4-5-18)12(19)7-2-3-8-9(6-7)16-11(14)10(13)15-8/h2-3,6H,4H2,1H3. The number of benzene rings is 1. The predicted octanol–water partition coefficient (Wildman–Crippen LogP) is 2.12. The molecule has 2 rings (SSSR count). The molecule has 1 radical (unpaired) electrons. The first-order valence-electron chi connectivity index (χ1n) is 5.26. The summed E-state index contributed by atoms with van der Waals surface area (Å²) < 4.78 is 0. The van der Waals surface area contributed by atoms with Gasteiger partial charge in [0.25, 0.3) is 5.91 Å². The van der Waals surface area contributed by atoms with Gasteiger partial charge in [-0.1, -0.05) is 23.2 Å². The Morgan fingerprint density at radius 3 is 2.53 bits per heavy atom. The molecule has 0 spiro atoms. The molecule has 1 heterocycles. The maximum absolute atomic E-state index is 12.0. The minimum atomic E-state index is -0.307. The van der Waals surface area contributed by atoms with Gasteiger partial charge in [0.2, 0.25) is 6.29 Å². The van der Waals surface area contributed by atoms with Crippen LogP contribution in [0.25, 0.3) is 11.0 Å². The van der Waals surface area contributed by atoms with Crippen LogP contribution in [-0.4, -0.2) is 40.7 Å². The molecule has 0 aliphatic rings. The van der Waals surface area contributed by atoms with Crippen LogP contribution in [-0.2, 0) is 4.79 Å². The Balaban J connectivity index is 2.44. The van der Waals surface area contributed by atoms with E-state index in [4.69, 9.17) is 23.2 Å². The first-order valence-corrected chi connectivity index (χ1v) is 6.02. The van der Waals surface area contributed by atoms with Gasteiger partial charge in [0.15, 0.2) is 10.3 Å². The van der Waals surface area contributed by atoms with Crippen LogP contribution < -0.4 is 0 Å². The molecule has 0 saturated carbocycles. The van der Waals surface area contributed by atoms with E-state index in [1.54, 1.807) is 24.5 Å². The Morgan fingerprint density at radius 2 is 1.89 bits per heavy atom. The second kappa shape index (κ2) is 5.50. The molecule has 0 unspecified atom stereocenters. The number of hydrogen-bond donors (Lipinski definition) is 0. The molecule has 0 atom stereocenters. The summed E-state index contributed by atoms with van der Waals surface area (Å²) in [7, 11) is 1.51. The molecular formula is C12H8Cl2N3O2. The largest absolute Gasteiger partial charge is 0.334 e. The lowest BCUT2D eigenvalue weighted by molar-refractivity contribution is 0.0814. The fraction of sp³-hybridized carbons (Fsp3) is 0.167. The zero-order valence-corrected chi connectivity index (χ0v) is 11.4. The molecule has 0 bridgehead atoms. The topological polar surface area (TPSA) is 63.2 Å². The third kappa shape index (κ3) is 2.83. The molecule has 2 aromatic rings. The van der Waals surface area contributed by atoms with Gasteiger partial charge in [-0.15, -0.1) is 0 Å². The first-order chi connectivity index (χ1) is 9.02. The van der Waals surface area contributed by atoms with E-state index in [2.05, 4.69) is 9.97 Å². The van der Waals surface area contributed by atoms with Crippen LogP contribution in [0.2, 0.25) is 10.3 Å². The summed E-state index contributed by atoms with van der Waals surface area (Å²) in [6.45, 7) is -0.0933. The van der Waals surface area contributed by atoms with Gasteiger partial charge in [0, 0.05) is 12.6 Å². The lowest BCUT2D eigenvalue weighted by Crippen LogP contribution is -2.28. The lowest BCUT2D eigenvalue weighted by Gasteiger charge is -2.13. The predicted molar refractivity (Wildman–Crippen MR) is 72.2 cm³/mol. The summed E-state index contributed by atoms with van der Waals surface area (Å²) in [5.74, 6) is -0.307. The highest BCUT2D eigenvalue weighted by atomic mass is 35.5. The van der Waals surface area contributed by atoms with E-state index in [1.165, 1.54) is 11.9 Å². The van der Waals surface area contributed by atoms with E-state index in [9.17, 15) is 9.59 Å². The van der Waals surface area contributed by atoms with Crippen molar-refractivity contribution in [1.82, 2.24) is 14.9 Å². The van der Waals surface area contributed by atoms with E-state index in [0.717, 1.165) is 0 Å². The highest BCUT2D eigenvalue weighted by Gasteiger charge is 2.13. The zero-order chi connectivity index (χ0) is 14.0. The molecule has 0 fully saturated rings. The Hall–Kier alpha value is -1.72. The van der Waals surface area contributed by atoms with Crippen LogP contribution in [0.15, 0.2) is 18.2 Å². The average molecular weight is 297 g/mol. The fourth-order valence-electron chi connectivity index (χ4n) is 1.53. The Kier molecular flexibility index (Phi) is 3.97. The maximum Gasteiger partial charge on any atom is 0.254 e. The number of hydrogen-bond acceptors (Lipinski definition) is 4. The number of carbonyl (C=O) groups excluding carboxylic acids is 2. The van der Waals surface area contributed by atoms with Gasteiger partial charge in [-0.05, 0) is 18.2 Å². The second-order valence-electron chi connectivity index (χ2n) is 3.81. The minimum absolute atomic E-state index is 0.0772. The summed E-state index contributed by atoms with van der Waals surface area (Å²) in [5.41, 5.74) is 1.39. The maximum atomic E-state index is 12.0. The summed E-state index contributed by atoms with van der Waals surface area (Å²) >= 11 is 11.5. The van der Waals surface area contributed by atoms with E-state index in [0.29, 0.717) is 16.6 Å². The van der Waals surface area contributed by atoms with Crippen LogP contribution in [0, 0.1) is 0 Å². The van der Waals surface area contributed by atoms with Crippen molar-refractivity contribution in [1.29, 1.82) is 0 Å². The molecule has 19 heavy (non-hydrogen) atoms. The first kappa shape index (κ1) is 13.7. The van der Waals surface area contributed by atoms with Crippen molar-refractivity contribution in [2.75, 3.05) is 13.6 Å². The lowest BCUT2D eigenvalue weighted by atomic mass is 10.1. The number of amides is 1. The van der Waals surface area contributed by atoms with Gasteiger partial charge >= 0.3 is 0 Å². The van der Waals surface area contributed by atoms with Gasteiger partial charge in [-0.2, -0.15) is 0 Å². The summed E-state index contributed by atoms with van der Waals surface area (Å²) in [4.78, 5) is 31.6. The number of likely N-dealkylation sites (N-methyl/N-ethyl adjacent to an activating group) is 1. The molecule has 1 aromatic carbocycles. The van der Waals surface area contributed by atoms with Crippen molar-refractivity contribution in [3.63, 3.8) is 0 Å². The normalized spacial score (nSPS) is 10.5. The molecular weight excluding hydrogens is 289 g/mol.